The van der Waals surface area contributed by atoms with Gasteiger partial charge in [-0.05, 0) is 55.6 Å². The molecule has 0 unspecified atom stereocenters. The van der Waals surface area contributed by atoms with Crippen LogP contribution in [0.1, 0.15) is 13.8 Å². The predicted octanol–water partition coefficient (Wildman–Crippen LogP) is 2.82. The number of amides is 1. The van der Waals surface area contributed by atoms with Crippen molar-refractivity contribution in [2.24, 2.45) is 0 Å². The van der Waals surface area contributed by atoms with Gasteiger partial charge >= 0.3 is 0 Å². The molecule has 0 saturated heterocycles. The van der Waals surface area contributed by atoms with Gasteiger partial charge in [0.25, 0.3) is 5.56 Å². The van der Waals surface area contributed by atoms with E-state index in [9.17, 15) is 9.59 Å². The maximum absolute atomic E-state index is 12.6. The van der Waals surface area contributed by atoms with Crippen LogP contribution in [0.5, 0.6) is 5.75 Å². The Hall–Kier alpha value is -3.15. The summed E-state index contributed by atoms with van der Waals surface area (Å²) in [6.07, 6.45) is 3.27. The zero-order chi connectivity index (χ0) is 17.8. The van der Waals surface area contributed by atoms with Gasteiger partial charge in [0.1, 0.15) is 18.1 Å². The Bertz CT molecular complexity index is 949. The first kappa shape index (κ1) is 16.7. The lowest BCUT2D eigenvalue weighted by Crippen LogP contribution is -2.27. The topological polar surface area (TPSA) is 73.2 Å². The number of hydrogen-bond donors (Lipinski definition) is 1. The van der Waals surface area contributed by atoms with Crippen molar-refractivity contribution in [3.05, 3.63) is 65.2 Å². The largest absolute Gasteiger partial charge is 0.491 e. The van der Waals surface area contributed by atoms with Gasteiger partial charge in [-0.15, -0.1) is 0 Å². The molecule has 0 aliphatic heterocycles. The molecule has 1 N–H and O–H groups in total. The smallest absolute Gasteiger partial charge is 0.258 e. The lowest BCUT2D eigenvalue weighted by molar-refractivity contribution is -0.116. The third-order valence-corrected chi connectivity index (χ3v) is 3.57. The molecule has 25 heavy (non-hydrogen) atoms. The fourth-order valence-corrected chi connectivity index (χ4v) is 2.51. The van der Waals surface area contributed by atoms with Gasteiger partial charge in [0, 0.05) is 17.8 Å². The maximum Gasteiger partial charge on any atom is 0.258 e. The molecule has 0 spiro atoms. The average molecular weight is 337 g/mol. The summed E-state index contributed by atoms with van der Waals surface area (Å²) in [5.74, 6) is 0.865. The summed E-state index contributed by atoms with van der Waals surface area (Å²) in [5, 5.41) is 3.99. The fourth-order valence-electron chi connectivity index (χ4n) is 2.51. The number of fused-ring (bicyclic) bond motifs is 1. The second-order valence-electron chi connectivity index (χ2n) is 5.93. The summed E-state index contributed by atoms with van der Waals surface area (Å²) in [6.45, 7) is 3.82. The predicted molar refractivity (Wildman–Crippen MR) is 96.8 cm³/mol. The molecule has 1 aromatic carbocycles. The van der Waals surface area contributed by atoms with Gasteiger partial charge < -0.3 is 14.6 Å². The van der Waals surface area contributed by atoms with Crippen LogP contribution >= 0.6 is 0 Å². The molecule has 0 aliphatic carbocycles. The van der Waals surface area contributed by atoms with E-state index in [2.05, 4.69) is 10.3 Å². The monoisotopic (exact) mass is 337 g/mol. The van der Waals surface area contributed by atoms with E-state index in [4.69, 9.17) is 4.74 Å². The standard InChI is InChI=1S/C19H19N3O3/c1-13(2)25-15-6-7-16-14(11-15)8-10-22(19(16)24)12-18(23)21-17-5-3-4-9-20-17/h3-11,13H,12H2,1-2H3,(H,20,21,23). The molecule has 0 fully saturated rings. The van der Waals surface area contributed by atoms with Crippen LogP contribution in [0, 0.1) is 0 Å². The number of hydrogen-bond acceptors (Lipinski definition) is 4. The van der Waals surface area contributed by atoms with E-state index in [1.807, 2.05) is 19.9 Å². The molecule has 0 saturated carbocycles. The summed E-state index contributed by atoms with van der Waals surface area (Å²) >= 11 is 0. The third-order valence-electron chi connectivity index (χ3n) is 3.57. The number of nitrogens with one attached hydrogen (secondary N) is 1. The van der Waals surface area contributed by atoms with Gasteiger partial charge in [0.15, 0.2) is 0 Å². The van der Waals surface area contributed by atoms with Gasteiger partial charge in [-0.25, -0.2) is 4.98 Å². The van der Waals surface area contributed by atoms with Crippen molar-refractivity contribution in [3.63, 3.8) is 0 Å². The van der Waals surface area contributed by atoms with Gasteiger partial charge in [-0.1, -0.05) is 6.07 Å². The molecule has 2 heterocycles. The summed E-state index contributed by atoms with van der Waals surface area (Å²) in [7, 11) is 0. The summed E-state index contributed by atoms with van der Waals surface area (Å²) < 4.78 is 7.02. The van der Waals surface area contributed by atoms with Crippen molar-refractivity contribution in [1.29, 1.82) is 0 Å². The molecule has 0 aliphatic rings. The summed E-state index contributed by atoms with van der Waals surface area (Å²) in [5.41, 5.74) is -0.218. The van der Waals surface area contributed by atoms with E-state index in [-0.39, 0.29) is 24.1 Å². The van der Waals surface area contributed by atoms with Crippen LogP contribution in [0.25, 0.3) is 10.8 Å². The van der Waals surface area contributed by atoms with Crippen LogP contribution in [0.4, 0.5) is 5.82 Å². The Morgan fingerprint density at radius 1 is 1.24 bits per heavy atom. The molecule has 2 aromatic heterocycles. The zero-order valence-corrected chi connectivity index (χ0v) is 14.1. The van der Waals surface area contributed by atoms with Crippen molar-refractivity contribution in [2.75, 3.05) is 5.32 Å². The molecule has 6 nitrogen and oxygen atoms in total. The van der Waals surface area contributed by atoms with Crippen LogP contribution in [-0.4, -0.2) is 21.6 Å². The number of anilines is 1. The molecule has 6 heteroatoms. The highest BCUT2D eigenvalue weighted by Gasteiger charge is 2.09. The number of rotatable bonds is 5. The zero-order valence-electron chi connectivity index (χ0n) is 14.1. The van der Waals surface area contributed by atoms with Gasteiger partial charge in [0.05, 0.1) is 6.10 Å². The molecule has 0 radical (unpaired) electrons. The average Bonchev–Trinajstić information content (AvgIpc) is 2.58. The van der Waals surface area contributed by atoms with Crippen molar-refractivity contribution >= 4 is 22.5 Å². The van der Waals surface area contributed by atoms with Crippen LogP contribution < -0.4 is 15.6 Å². The normalized spacial score (nSPS) is 10.8. The second-order valence-corrected chi connectivity index (χ2v) is 5.93. The summed E-state index contributed by atoms with van der Waals surface area (Å²) in [6, 6.07) is 12.4. The van der Waals surface area contributed by atoms with Crippen molar-refractivity contribution < 1.29 is 9.53 Å². The SMILES string of the molecule is CC(C)Oc1ccc2c(=O)n(CC(=O)Nc3ccccn3)ccc2c1. The van der Waals surface area contributed by atoms with Crippen LogP contribution in [0.2, 0.25) is 0 Å². The minimum absolute atomic E-state index is 0.0631. The lowest BCUT2D eigenvalue weighted by atomic mass is 10.1. The quantitative estimate of drug-likeness (QED) is 0.777. The fraction of sp³-hybridized carbons (Fsp3) is 0.211. The maximum atomic E-state index is 12.6. The van der Waals surface area contributed by atoms with Gasteiger partial charge in [0.2, 0.25) is 5.91 Å². The minimum Gasteiger partial charge on any atom is -0.491 e. The van der Waals surface area contributed by atoms with Crippen LogP contribution in [0.3, 0.4) is 0 Å². The third kappa shape index (κ3) is 4.03. The van der Waals surface area contributed by atoms with E-state index in [1.54, 1.807) is 48.8 Å². The number of aromatic nitrogens is 2. The molecule has 0 bridgehead atoms. The van der Waals surface area contributed by atoms with Crippen LogP contribution in [0.15, 0.2) is 59.7 Å². The lowest BCUT2D eigenvalue weighted by Gasteiger charge is -2.11. The Morgan fingerprint density at radius 3 is 2.80 bits per heavy atom. The van der Waals surface area contributed by atoms with E-state index in [0.717, 1.165) is 5.39 Å². The Kier molecular flexibility index (Phi) is 4.79. The minimum atomic E-state index is -0.306. The Labute approximate surface area is 145 Å². The van der Waals surface area contributed by atoms with Crippen LogP contribution in [-0.2, 0) is 11.3 Å². The van der Waals surface area contributed by atoms with Gasteiger partial charge in [-0.3, -0.25) is 9.59 Å². The molecule has 0 atom stereocenters. The van der Waals surface area contributed by atoms with Crippen molar-refractivity contribution in [2.45, 2.75) is 26.5 Å². The van der Waals surface area contributed by atoms with E-state index in [1.165, 1.54) is 4.57 Å². The first-order valence-corrected chi connectivity index (χ1v) is 8.03. The highest BCUT2D eigenvalue weighted by Crippen LogP contribution is 2.19. The van der Waals surface area contributed by atoms with E-state index < -0.39 is 0 Å². The highest BCUT2D eigenvalue weighted by molar-refractivity contribution is 5.90. The molecule has 128 valence electrons. The Morgan fingerprint density at radius 2 is 2.08 bits per heavy atom. The second kappa shape index (κ2) is 7.17. The Balaban J connectivity index is 1.81. The molecule has 1 amide bonds. The molecule has 3 aromatic rings. The van der Waals surface area contributed by atoms with Gasteiger partial charge in [-0.2, -0.15) is 0 Å². The van der Waals surface area contributed by atoms with E-state index in [0.29, 0.717) is 17.0 Å². The van der Waals surface area contributed by atoms with E-state index >= 15 is 0 Å². The molecule has 3 rings (SSSR count). The number of ether oxygens (including phenoxy) is 1. The first-order chi connectivity index (χ1) is 12.0. The van der Waals surface area contributed by atoms with Crippen molar-refractivity contribution in [3.8, 4) is 5.75 Å². The first-order valence-electron chi connectivity index (χ1n) is 8.03. The highest BCUT2D eigenvalue weighted by atomic mass is 16.5. The number of benzene rings is 1. The molecular weight excluding hydrogens is 318 g/mol. The summed E-state index contributed by atoms with van der Waals surface area (Å²) in [4.78, 5) is 28.7. The number of nitrogens with zero attached hydrogens (tertiary/aromatic N) is 2. The number of pyridine rings is 2. The number of carbonyl (C=O) groups excluding carboxylic acids is 1. The van der Waals surface area contributed by atoms with Crippen molar-refractivity contribution in [1.82, 2.24) is 9.55 Å². The molecular formula is C19H19N3O3. The number of carbonyl (C=O) groups is 1.